The van der Waals surface area contributed by atoms with Crippen molar-refractivity contribution in [1.29, 1.82) is 0 Å². The molecule has 1 N–H and O–H groups in total. The molecule has 2 rings (SSSR count). The molecule has 1 aliphatic rings. The Bertz CT molecular complexity index is 685. The first-order valence-electron chi connectivity index (χ1n) is 8.79. The minimum atomic E-state index is -1.55. The zero-order valence-electron chi connectivity index (χ0n) is 16.4. The van der Waals surface area contributed by atoms with Gasteiger partial charge in [-0.3, -0.25) is 4.90 Å². The van der Waals surface area contributed by atoms with Gasteiger partial charge in [-0.05, 0) is 36.8 Å². The molecule has 10 heteroatoms. The van der Waals surface area contributed by atoms with Gasteiger partial charge in [0.2, 0.25) is 0 Å². The van der Waals surface area contributed by atoms with Gasteiger partial charge in [0.05, 0.1) is 23.9 Å². The van der Waals surface area contributed by atoms with Crippen LogP contribution in [0, 0.1) is 6.92 Å². The van der Waals surface area contributed by atoms with E-state index < -0.39 is 23.9 Å². The van der Waals surface area contributed by atoms with Crippen LogP contribution in [-0.4, -0.2) is 55.0 Å². The van der Waals surface area contributed by atoms with E-state index in [9.17, 15) is 39.6 Å². The summed E-state index contributed by atoms with van der Waals surface area (Å²) < 4.78 is 0. The van der Waals surface area contributed by atoms with Crippen molar-refractivity contribution in [2.75, 3.05) is 26.2 Å². The summed E-state index contributed by atoms with van der Waals surface area (Å²) >= 11 is 0. The fourth-order valence-corrected chi connectivity index (χ4v) is 2.09. The Morgan fingerprint density at radius 3 is 1.50 bits per heavy atom. The van der Waals surface area contributed by atoms with Crippen LogP contribution < -0.4 is 25.7 Å². The van der Waals surface area contributed by atoms with Crippen LogP contribution in [-0.2, 0) is 25.7 Å². The molecule has 0 spiro atoms. The average molecular weight is 418 g/mol. The lowest BCUT2D eigenvalue weighted by atomic mass is 10.1. The van der Waals surface area contributed by atoms with E-state index in [2.05, 4.69) is 41.4 Å². The van der Waals surface area contributed by atoms with Crippen molar-refractivity contribution in [2.24, 2.45) is 0 Å². The number of hydrogen-bond donors (Lipinski definition) is 1. The predicted molar refractivity (Wildman–Crippen MR) is 97.6 cm³/mol. The predicted octanol–water partition coefficient (Wildman–Crippen LogP) is -4.51. The van der Waals surface area contributed by atoms with Crippen LogP contribution in [0.4, 0.5) is 0 Å². The van der Waals surface area contributed by atoms with Gasteiger partial charge in [-0.25, -0.2) is 0 Å². The van der Waals surface area contributed by atoms with Crippen molar-refractivity contribution in [3.05, 3.63) is 59.7 Å². The molecule has 0 aromatic heterocycles. The summed E-state index contributed by atoms with van der Waals surface area (Å²) in [6.45, 7) is 7.84. The maximum atomic E-state index is 9.41. The summed E-state index contributed by atoms with van der Waals surface area (Å²) in [5.74, 6) is -6.19. The second-order valence-electron chi connectivity index (χ2n) is 5.95. The second kappa shape index (κ2) is 15.4. The number of nitrogens with one attached hydrogen (secondary N) is 1. The van der Waals surface area contributed by atoms with Crippen LogP contribution in [0.25, 0.3) is 0 Å². The number of carbonyl (C=O) groups excluding carboxylic acids is 4. The zero-order valence-corrected chi connectivity index (χ0v) is 16.4. The first-order chi connectivity index (χ1) is 14.1. The molecular weight excluding hydrogens is 396 g/mol. The van der Waals surface area contributed by atoms with Gasteiger partial charge in [0, 0.05) is 32.7 Å². The Hall–Kier alpha value is -3.50. The largest absolute Gasteiger partial charge is 0.545 e. The molecule has 0 aliphatic carbocycles. The molecule has 0 unspecified atom stereocenters. The first-order valence-corrected chi connectivity index (χ1v) is 8.79. The Kier molecular flexibility index (Phi) is 13.6. The standard InChI is InChI=1S/C12H18N2.2C4H4O4/c1-11-2-4-12(5-3-11)10-14-8-6-13-7-9-14;2*5-3(6)1-2-4(7)8/h2-5,13H,6-10H2,1H3;2*1-2H,(H,5,6)(H,7,8)/p-4/b;2*2-1-. The number of piperazine rings is 1. The van der Waals surface area contributed by atoms with Gasteiger partial charge in [-0.2, -0.15) is 0 Å². The summed E-state index contributed by atoms with van der Waals surface area (Å²) in [4.78, 5) is 40.2. The van der Waals surface area contributed by atoms with Gasteiger partial charge >= 0.3 is 0 Å². The minimum Gasteiger partial charge on any atom is -0.545 e. The van der Waals surface area contributed by atoms with Crippen molar-refractivity contribution in [3.8, 4) is 0 Å². The zero-order chi connectivity index (χ0) is 22.9. The summed E-state index contributed by atoms with van der Waals surface area (Å²) in [5, 5.41) is 41.0. The molecule has 1 heterocycles. The van der Waals surface area contributed by atoms with E-state index in [1.165, 1.54) is 24.2 Å². The molecule has 164 valence electrons. The van der Waals surface area contributed by atoms with Crippen LogP contribution in [0.15, 0.2) is 48.6 Å². The minimum absolute atomic E-state index is 0.384. The lowest BCUT2D eigenvalue weighted by Gasteiger charge is -2.27. The smallest absolute Gasteiger partial charge is 0.0643 e. The van der Waals surface area contributed by atoms with E-state index in [-0.39, 0.29) is 0 Å². The van der Waals surface area contributed by atoms with Crippen molar-refractivity contribution >= 4 is 23.9 Å². The molecule has 30 heavy (non-hydrogen) atoms. The van der Waals surface area contributed by atoms with Crippen molar-refractivity contribution in [1.82, 2.24) is 10.2 Å². The molecule has 0 radical (unpaired) electrons. The highest BCUT2D eigenvalue weighted by Gasteiger charge is 2.09. The van der Waals surface area contributed by atoms with E-state index in [1.807, 2.05) is 0 Å². The molecule has 0 bridgehead atoms. The quantitative estimate of drug-likeness (QED) is 0.443. The summed E-state index contributed by atoms with van der Waals surface area (Å²) in [6.07, 6.45) is 1.54. The number of aliphatic carboxylic acids is 4. The van der Waals surface area contributed by atoms with Crippen LogP contribution in [0.2, 0.25) is 0 Å². The third-order valence-corrected chi connectivity index (χ3v) is 3.45. The molecule has 1 saturated heterocycles. The lowest BCUT2D eigenvalue weighted by molar-refractivity contribution is -0.301. The maximum Gasteiger partial charge on any atom is 0.0643 e. The highest BCUT2D eigenvalue weighted by Crippen LogP contribution is 2.07. The van der Waals surface area contributed by atoms with Crippen molar-refractivity contribution in [2.45, 2.75) is 13.5 Å². The Labute approximate surface area is 173 Å². The van der Waals surface area contributed by atoms with E-state index in [0.29, 0.717) is 24.3 Å². The molecule has 1 aromatic rings. The molecule has 0 saturated carbocycles. The van der Waals surface area contributed by atoms with Crippen molar-refractivity contribution in [3.63, 3.8) is 0 Å². The number of carboxylic acid groups (broad SMARTS) is 4. The molecule has 1 aliphatic heterocycles. The molecule has 1 fully saturated rings. The van der Waals surface area contributed by atoms with Gasteiger partial charge in [-0.1, -0.05) is 29.8 Å². The maximum absolute atomic E-state index is 9.41. The highest BCUT2D eigenvalue weighted by atomic mass is 16.4. The van der Waals surface area contributed by atoms with Crippen LogP contribution in [0.1, 0.15) is 11.1 Å². The van der Waals surface area contributed by atoms with Gasteiger partial charge in [-0.15, -0.1) is 0 Å². The average Bonchev–Trinajstić information content (AvgIpc) is 2.68. The third kappa shape index (κ3) is 16.7. The van der Waals surface area contributed by atoms with Gasteiger partial charge in [0.1, 0.15) is 0 Å². The van der Waals surface area contributed by atoms with E-state index >= 15 is 0 Å². The van der Waals surface area contributed by atoms with Gasteiger partial charge in [0.15, 0.2) is 0 Å². The van der Waals surface area contributed by atoms with Crippen LogP contribution in [0.3, 0.4) is 0 Å². The van der Waals surface area contributed by atoms with Crippen LogP contribution in [0.5, 0.6) is 0 Å². The normalized spacial score (nSPS) is 13.6. The fourth-order valence-electron chi connectivity index (χ4n) is 2.09. The Morgan fingerprint density at radius 2 is 1.17 bits per heavy atom. The molecule has 10 nitrogen and oxygen atoms in total. The molecule has 0 atom stereocenters. The Balaban J connectivity index is 0.000000456. The van der Waals surface area contributed by atoms with E-state index in [4.69, 9.17) is 0 Å². The number of rotatable bonds is 6. The van der Waals surface area contributed by atoms with Gasteiger partial charge < -0.3 is 44.9 Å². The third-order valence-electron chi connectivity index (χ3n) is 3.45. The lowest BCUT2D eigenvalue weighted by Crippen LogP contribution is -2.42. The monoisotopic (exact) mass is 418 g/mol. The number of hydrogen-bond acceptors (Lipinski definition) is 10. The van der Waals surface area contributed by atoms with Crippen molar-refractivity contribution < 1.29 is 39.6 Å². The molecule has 0 amide bonds. The van der Waals surface area contributed by atoms with Gasteiger partial charge in [0.25, 0.3) is 0 Å². The Morgan fingerprint density at radius 1 is 0.800 bits per heavy atom. The summed E-state index contributed by atoms with van der Waals surface area (Å²) in [6, 6.07) is 8.85. The summed E-state index contributed by atoms with van der Waals surface area (Å²) in [7, 11) is 0. The number of aryl methyl sites for hydroxylation is 1. The fraction of sp³-hybridized carbons (Fsp3) is 0.300. The SMILES string of the molecule is Cc1ccc(CN2CCNCC2)cc1.O=C([O-])/C=C\C(=O)[O-].O=C([O-])/C=C\C(=O)[O-]. The summed E-state index contributed by atoms with van der Waals surface area (Å²) in [5.41, 5.74) is 2.77. The van der Waals surface area contributed by atoms with E-state index in [0.717, 1.165) is 19.6 Å². The number of carbonyl (C=O) groups is 4. The molecular formula is C20H22N2O8-4. The number of benzene rings is 1. The highest BCUT2D eigenvalue weighted by molar-refractivity contribution is 5.88. The first kappa shape index (κ1) is 26.5. The van der Waals surface area contributed by atoms with E-state index in [1.54, 1.807) is 0 Å². The molecule has 1 aromatic carbocycles. The number of nitrogens with zero attached hydrogens (tertiary/aromatic N) is 1. The topological polar surface area (TPSA) is 176 Å². The number of carboxylic acids is 4. The van der Waals surface area contributed by atoms with Crippen LogP contribution >= 0.6 is 0 Å². The second-order valence-corrected chi connectivity index (χ2v) is 5.95.